The Balaban J connectivity index is 2.28. The molecule has 1 aliphatic rings. The van der Waals surface area contributed by atoms with Crippen LogP contribution in [0.2, 0.25) is 0 Å². The summed E-state index contributed by atoms with van der Waals surface area (Å²) in [6.07, 6.45) is 3.99. The van der Waals surface area contributed by atoms with Gasteiger partial charge >= 0.3 is 0 Å². The van der Waals surface area contributed by atoms with E-state index < -0.39 is 0 Å². The summed E-state index contributed by atoms with van der Waals surface area (Å²) in [5.41, 5.74) is 0. The van der Waals surface area contributed by atoms with Crippen LogP contribution in [0.3, 0.4) is 0 Å². The van der Waals surface area contributed by atoms with E-state index >= 15 is 0 Å². The number of likely N-dealkylation sites (N-methyl/N-ethyl adjacent to an activating group) is 1. The quantitative estimate of drug-likeness (QED) is 0.767. The van der Waals surface area contributed by atoms with Gasteiger partial charge in [-0.15, -0.1) is 0 Å². The van der Waals surface area contributed by atoms with Crippen LogP contribution in [0.1, 0.15) is 33.1 Å². The average Bonchev–Trinajstić information content (AvgIpc) is 2.27. The zero-order valence-corrected chi connectivity index (χ0v) is 12.0. The lowest BCUT2D eigenvalue weighted by molar-refractivity contribution is 0.101. The minimum Gasteiger partial charge on any atom is -0.395 e. The molecule has 1 N–H and O–H groups in total. The Bertz CT molecular complexity index is 208. The predicted octanol–water partition coefficient (Wildman–Crippen LogP) is 1.67. The molecule has 3 nitrogen and oxygen atoms in total. The molecule has 1 heterocycles. The van der Waals surface area contributed by atoms with Gasteiger partial charge in [-0.25, -0.2) is 0 Å². The van der Waals surface area contributed by atoms with Crippen molar-refractivity contribution in [1.29, 1.82) is 0 Å². The van der Waals surface area contributed by atoms with Crippen molar-refractivity contribution in [2.75, 3.05) is 40.3 Å². The number of aliphatic hydroxyl groups excluding tert-OH is 1. The molecular formula is C14H30N2O. The molecule has 0 aromatic carbocycles. The van der Waals surface area contributed by atoms with Crippen molar-refractivity contribution in [3.05, 3.63) is 0 Å². The van der Waals surface area contributed by atoms with Crippen LogP contribution in [0.5, 0.6) is 0 Å². The van der Waals surface area contributed by atoms with Gasteiger partial charge in [-0.1, -0.05) is 13.8 Å². The third-order valence-corrected chi connectivity index (χ3v) is 4.13. The summed E-state index contributed by atoms with van der Waals surface area (Å²) in [4.78, 5) is 4.78. The van der Waals surface area contributed by atoms with E-state index in [2.05, 4.69) is 37.7 Å². The fourth-order valence-corrected chi connectivity index (χ4v) is 2.92. The van der Waals surface area contributed by atoms with Gasteiger partial charge in [0.05, 0.1) is 6.61 Å². The monoisotopic (exact) mass is 242 g/mol. The maximum Gasteiger partial charge on any atom is 0.0589 e. The highest BCUT2D eigenvalue weighted by Crippen LogP contribution is 2.19. The van der Waals surface area contributed by atoms with Crippen LogP contribution >= 0.6 is 0 Å². The molecule has 1 aliphatic heterocycles. The predicted molar refractivity (Wildman–Crippen MR) is 73.2 cm³/mol. The Kier molecular flexibility index (Phi) is 6.45. The van der Waals surface area contributed by atoms with Crippen LogP contribution in [0.15, 0.2) is 0 Å². The largest absolute Gasteiger partial charge is 0.395 e. The molecule has 3 heteroatoms. The molecule has 1 rings (SSSR count). The van der Waals surface area contributed by atoms with Crippen molar-refractivity contribution in [1.82, 2.24) is 9.80 Å². The third kappa shape index (κ3) is 4.94. The maximum absolute atomic E-state index is 9.40. The molecule has 0 amide bonds. The first-order valence-electron chi connectivity index (χ1n) is 7.04. The summed E-state index contributed by atoms with van der Waals surface area (Å²) >= 11 is 0. The average molecular weight is 242 g/mol. The second-order valence-corrected chi connectivity index (χ2v) is 6.03. The number of aliphatic hydroxyl groups is 1. The van der Waals surface area contributed by atoms with E-state index in [1.807, 2.05) is 0 Å². The molecule has 1 saturated heterocycles. The Morgan fingerprint density at radius 2 is 2.12 bits per heavy atom. The van der Waals surface area contributed by atoms with Gasteiger partial charge in [0, 0.05) is 12.6 Å². The summed E-state index contributed by atoms with van der Waals surface area (Å²) in [7, 11) is 4.37. The second-order valence-electron chi connectivity index (χ2n) is 6.03. The number of hydrogen-bond acceptors (Lipinski definition) is 3. The number of likely N-dealkylation sites (tertiary alicyclic amines) is 1. The SMILES string of the molecule is CC(C)C(CO)N(C)CCC1CCCN(C)C1. The van der Waals surface area contributed by atoms with Crippen molar-refractivity contribution in [2.45, 2.75) is 39.2 Å². The van der Waals surface area contributed by atoms with Gasteiger partial charge in [-0.2, -0.15) is 0 Å². The van der Waals surface area contributed by atoms with Crippen molar-refractivity contribution in [2.24, 2.45) is 11.8 Å². The van der Waals surface area contributed by atoms with Gasteiger partial charge in [-0.05, 0) is 58.3 Å². The van der Waals surface area contributed by atoms with Crippen LogP contribution in [-0.4, -0.2) is 61.3 Å². The van der Waals surface area contributed by atoms with Gasteiger partial charge in [-0.3, -0.25) is 0 Å². The van der Waals surface area contributed by atoms with Crippen LogP contribution < -0.4 is 0 Å². The molecule has 2 atom stereocenters. The Hall–Kier alpha value is -0.120. The molecular weight excluding hydrogens is 212 g/mol. The van der Waals surface area contributed by atoms with Crippen molar-refractivity contribution in [3.63, 3.8) is 0 Å². The van der Waals surface area contributed by atoms with Gasteiger partial charge in [0.2, 0.25) is 0 Å². The van der Waals surface area contributed by atoms with Gasteiger partial charge < -0.3 is 14.9 Å². The molecule has 0 spiro atoms. The third-order valence-electron chi connectivity index (χ3n) is 4.13. The minimum atomic E-state index is 0.277. The summed E-state index contributed by atoms with van der Waals surface area (Å²) in [5, 5.41) is 9.40. The van der Waals surface area contributed by atoms with Crippen molar-refractivity contribution >= 4 is 0 Å². The Morgan fingerprint density at radius 3 is 2.65 bits per heavy atom. The zero-order chi connectivity index (χ0) is 12.8. The standard InChI is InChI=1S/C14H30N2O/c1-12(2)14(11-17)16(4)9-7-13-6-5-8-15(3)10-13/h12-14,17H,5-11H2,1-4H3. The number of nitrogens with zero attached hydrogens (tertiary/aromatic N) is 2. The highest BCUT2D eigenvalue weighted by Gasteiger charge is 2.21. The summed E-state index contributed by atoms with van der Waals surface area (Å²) in [6.45, 7) is 8.27. The lowest BCUT2D eigenvalue weighted by Gasteiger charge is -2.33. The van der Waals surface area contributed by atoms with Crippen LogP contribution in [0, 0.1) is 11.8 Å². The van der Waals surface area contributed by atoms with E-state index in [9.17, 15) is 5.11 Å². The van der Waals surface area contributed by atoms with E-state index in [0.717, 1.165) is 12.5 Å². The molecule has 0 radical (unpaired) electrons. The first-order valence-corrected chi connectivity index (χ1v) is 7.04. The topological polar surface area (TPSA) is 26.7 Å². The molecule has 0 bridgehead atoms. The van der Waals surface area contributed by atoms with E-state index in [-0.39, 0.29) is 6.61 Å². The Morgan fingerprint density at radius 1 is 1.41 bits per heavy atom. The highest BCUT2D eigenvalue weighted by molar-refractivity contribution is 4.75. The van der Waals surface area contributed by atoms with Crippen LogP contribution in [0.25, 0.3) is 0 Å². The van der Waals surface area contributed by atoms with E-state index in [1.165, 1.54) is 32.4 Å². The normalized spacial score (nSPS) is 24.5. The van der Waals surface area contributed by atoms with Gasteiger partial charge in [0.1, 0.15) is 0 Å². The van der Waals surface area contributed by atoms with Crippen molar-refractivity contribution < 1.29 is 5.11 Å². The van der Waals surface area contributed by atoms with Crippen molar-refractivity contribution in [3.8, 4) is 0 Å². The minimum absolute atomic E-state index is 0.277. The van der Waals surface area contributed by atoms with E-state index in [1.54, 1.807) is 0 Å². The fraction of sp³-hybridized carbons (Fsp3) is 1.00. The first-order chi connectivity index (χ1) is 8.04. The van der Waals surface area contributed by atoms with E-state index in [0.29, 0.717) is 12.0 Å². The summed E-state index contributed by atoms with van der Waals surface area (Å²) in [5.74, 6) is 1.38. The lowest BCUT2D eigenvalue weighted by Crippen LogP contribution is -2.41. The lowest BCUT2D eigenvalue weighted by atomic mass is 9.94. The summed E-state index contributed by atoms with van der Waals surface area (Å²) in [6, 6.07) is 0.316. The van der Waals surface area contributed by atoms with Gasteiger partial charge in [0.25, 0.3) is 0 Å². The fourth-order valence-electron chi connectivity index (χ4n) is 2.92. The highest BCUT2D eigenvalue weighted by atomic mass is 16.3. The molecule has 0 saturated carbocycles. The molecule has 102 valence electrons. The Labute approximate surface area is 107 Å². The van der Waals surface area contributed by atoms with E-state index in [4.69, 9.17) is 0 Å². The molecule has 0 aliphatic carbocycles. The molecule has 1 fully saturated rings. The molecule has 0 aromatic rings. The molecule has 0 aromatic heterocycles. The van der Waals surface area contributed by atoms with Crippen LogP contribution in [-0.2, 0) is 0 Å². The first kappa shape index (κ1) is 14.9. The second kappa shape index (κ2) is 7.34. The summed E-state index contributed by atoms with van der Waals surface area (Å²) < 4.78 is 0. The smallest absolute Gasteiger partial charge is 0.0589 e. The molecule has 17 heavy (non-hydrogen) atoms. The number of hydrogen-bond donors (Lipinski definition) is 1. The maximum atomic E-state index is 9.40. The number of piperidine rings is 1. The molecule has 2 unspecified atom stereocenters. The van der Waals surface area contributed by atoms with Gasteiger partial charge in [0.15, 0.2) is 0 Å². The zero-order valence-electron chi connectivity index (χ0n) is 12.0. The van der Waals surface area contributed by atoms with Crippen LogP contribution in [0.4, 0.5) is 0 Å². The number of rotatable bonds is 6.